The molecule has 1 saturated heterocycles. The molecule has 20 heavy (non-hydrogen) atoms. The molecule has 0 spiro atoms. The second-order valence-corrected chi connectivity index (χ2v) is 5.16. The van der Waals surface area contributed by atoms with Gasteiger partial charge in [-0.15, -0.1) is 0 Å². The monoisotopic (exact) mass is 277 g/mol. The molecule has 1 N–H and O–H groups in total. The molecule has 1 aromatic carbocycles. The van der Waals surface area contributed by atoms with Gasteiger partial charge < -0.3 is 14.8 Å². The summed E-state index contributed by atoms with van der Waals surface area (Å²) in [5, 5.41) is 2.93. The van der Waals surface area contributed by atoms with Crippen LogP contribution in [0.2, 0.25) is 0 Å². The van der Waals surface area contributed by atoms with E-state index in [2.05, 4.69) is 5.32 Å². The third-order valence-electron chi connectivity index (χ3n) is 3.55. The van der Waals surface area contributed by atoms with Gasteiger partial charge in [-0.3, -0.25) is 4.79 Å². The zero-order chi connectivity index (χ0) is 14.4. The topological polar surface area (TPSA) is 47.6 Å². The number of para-hydroxylation sites is 1. The molecule has 1 amide bonds. The van der Waals surface area contributed by atoms with E-state index >= 15 is 0 Å². The molecule has 0 saturated carbocycles. The number of ether oxygens (including phenoxy) is 2. The first-order chi connectivity index (χ1) is 9.70. The van der Waals surface area contributed by atoms with Crippen LogP contribution in [0, 0.1) is 6.92 Å². The van der Waals surface area contributed by atoms with Crippen LogP contribution in [0.15, 0.2) is 24.3 Å². The SMILES string of the molecule is CCC(Oc1ccccc1C)C(=O)NCC1CCCO1. The maximum atomic E-state index is 12.2. The first-order valence-corrected chi connectivity index (χ1v) is 7.32. The molecule has 0 aromatic heterocycles. The summed E-state index contributed by atoms with van der Waals surface area (Å²) in [6.07, 6.45) is 2.46. The standard InChI is InChI=1S/C16H23NO3/c1-3-14(20-15-9-5-4-7-12(15)2)16(18)17-11-13-8-6-10-19-13/h4-5,7,9,13-14H,3,6,8,10-11H2,1-2H3,(H,17,18). The fourth-order valence-electron chi connectivity index (χ4n) is 2.30. The largest absolute Gasteiger partial charge is 0.480 e. The van der Waals surface area contributed by atoms with E-state index in [1.165, 1.54) is 0 Å². The molecule has 1 fully saturated rings. The van der Waals surface area contributed by atoms with Crippen LogP contribution in [-0.2, 0) is 9.53 Å². The summed E-state index contributed by atoms with van der Waals surface area (Å²) in [7, 11) is 0. The summed E-state index contributed by atoms with van der Waals surface area (Å²) in [5.41, 5.74) is 1.04. The van der Waals surface area contributed by atoms with Gasteiger partial charge in [0.05, 0.1) is 6.10 Å². The minimum atomic E-state index is -0.447. The molecular weight excluding hydrogens is 254 g/mol. The summed E-state index contributed by atoms with van der Waals surface area (Å²) in [6.45, 7) is 5.31. The number of carbonyl (C=O) groups excluding carboxylic acids is 1. The lowest BCUT2D eigenvalue weighted by Crippen LogP contribution is -2.41. The second-order valence-electron chi connectivity index (χ2n) is 5.16. The molecule has 1 aromatic rings. The van der Waals surface area contributed by atoms with E-state index in [9.17, 15) is 4.79 Å². The number of amides is 1. The third-order valence-corrected chi connectivity index (χ3v) is 3.55. The van der Waals surface area contributed by atoms with E-state index in [1.54, 1.807) is 0 Å². The summed E-state index contributed by atoms with van der Waals surface area (Å²) in [4.78, 5) is 12.2. The Kier molecular flexibility index (Phi) is 5.41. The van der Waals surface area contributed by atoms with Gasteiger partial charge in [0.15, 0.2) is 6.10 Å². The van der Waals surface area contributed by atoms with Crippen LogP contribution in [0.5, 0.6) is 5.75 Å². The number of nitrogens with one attached hydrogen (secondary N) is 1. The van der Waals surface area contributed by atoms with Gasteiger partial charge in [0, 0.05) is 13.2 Å². The lowest BCUT2D eigenvalue weighted by molar-refractivity contribution is -0.128. The highest BCUT2D eigenvalue weighted by Crippen LogP contribution is 2.19. The van der Waals surface area contributed by atoms with Gasteiger partial charge in [0.1, 0.15) is 5.75 Å². The van der Waals surface area contributed by atoms with Gasteiger partial charge in [-0.1, -0.05) is 25.1 Å². The molecule has 110 valence electrons. The van der Waals surface area contributed by atoms with Crippen LogP contribution in [0.1, 0.15) is 31.7 Å². The van der Waals surface area contributed by atoms with Gasteiger partial charge in [0.2, 0.25) is 0 Å². The molecule has 2 atom stereocenters. The van der Waals surface area contributed by atoms with E-state index in [0.29, 0.717) is 13.0 Å². The van der Waals surface area contributed by atoms with Crippen molar-refractivity contribution in [3.8, 4) is 5.75 Å². The summed E-state index contributed by atoms with van der Waals surface area (Å²) < 4.78 is 11.3. The van der Waals surface area contributed by atoms with Crippen LogP contribution in [-0.4, -0.2) is 31.3 Å². The highest BCUT2D eigenvalue weighted by atomic mass is 16.5. The fourth-order valence-corrected chi connectivity index (χ4v) is 2.30. The van der Waals surface area contributed by atoms with Gasteiger partial charge >= 0.3 is 0 Å². The van der Waals surface area contributed by atoms with E-state index < -0.39 is 6.10 Å². The van der Waals surface area contributed by atoms with Crippen molar-refractivity contribution in [2.24, 2.45) is 0 Å². The third kappa shape index (κ3) is 3.97. The van der Waals surface area contributed by atoms with Crippen molar-refractivity contribution in [2.45, 2.75) is 45.3 Å². The van der Waals surface area contributed by atoms with Crippen molar-refractivity contribution < 1.29 is 14.3 Å². The van der Waals surface area contributed by atoms with Crippen molar-refractivity contribution in [2.75, 3.05) is 13.2 Å². The molecule has 4 heteroatoms. The van der Waals surface area contributed by atoms with Crippen LogP contribution in [0.3, 0.4) is 0 Å². The van der Waals surface area contributed by atoms with Crippen LogP contribution in [0.4, 0.5) is 0 Å². The maximum absolute atomic E-state index is 12.2. The molecule has 1 aliphatic heterocycles. The van der Waals surface area contributed by atoms with Gasteiger partial charge in [0.25, 0.3) is 5.91 Å². The Morgan fingerprint density at radius 1 is 1.50 bits per heavy atom. The van der Waals surface area contributed by atoms with Crippen molar-refractivity contribution in [1.82, 2.24) is 5.32 Å². The Labute approximate surface area is 120 Å². The lowest BCUT2D eigenvalue weighted by Gasteiger charge is -2.19. The summed E-state index contributed by atoms with van der Waals surface area (Å²) >= 11 is 0. The zero-order valence-corrected chi connectivity index (χ0v) is 12.2. The quantitative estimate of drug-likeness (QED) is 0.869. The molecule has 2 rings (SSSR count). The average molecular weight is 277 g/mol. The molecule has 1 aliphatic rings. The van der Waals surface area contributed by atoms with Gasteiger partial charge in [-0.25, -0.2) is 0 Å². The lowest BCUT2D eigenvalue weighted by atomic mass is 10.2. The Balaban J connectivity index is 1.87. The Morgan fingerprint density at radius 3 is 2.95 bits per heavy atom. The predicted octanol–water partition coefficient (Wildman–Crippen LogP) is 2.45. The number of hydrogen-bond donors (Lipinski definition) is 1. The smallest absolute Gasteiger partial charge is 0.261 e. The summed E-state index contributed by atoms with van der Waals surface area (Å²) in [6, 6.07) is 7.75. The minimum absolute atomic E-state index is 0.0637. The minimum Gasteiger partial charge on any atom is -0.480 e. The fraction of sp³-hybridized carbons (Fsp3) is 0.562. The molecule has 2 unspecified atom stereocenters. The predicted molar refractivity (Wildman–Crippen MR) is 77.9 cm³/mol. The number of hydrogen-bond acceptors (Lipinski definition) is 3. The molecular formula is C16H23NO3. The molecule has 0 aliphatic carbocycles. The molecule has 0 radical (unpaired) electrons. The van der Waals surface area contributed by atoms with Crippen molar-refractivity contribution in [1.29, 1.82) is 0 Å². The van der Waals surface area contributed by atoms with Crippen molar-refractivity contribution in [3.63, 3.8) is 0 Å². The number of carbonyl (C=O) groups is 1. The van der Waals surface area contributed by atoms with E-state index in [0.717, 1.165) is 30.8 Å². The number of benzene rings is 1. The Morgan fingerprint density at radius 2 is 2.30 bits per heavy atom. The molecule has 0 bridgehead atoms. The molecule has 4 nitrogen and oxygen atoms in total. The first kappa shape index (κ1) is 14.9. The van der Waals surface area contributed by atoms with Crippen LogP contribution < -0.4 is 10.1 Å². The number of rotatable bonds is 6. The van der Waals surface area contributed by atoms with Gasteiger partial charge in [-0.2, -0.15) is 0 Å². The Hall–Kier alpha value is -1.55. The van der Waals surface area contributed by atoms with E-state index in [1.807, 2.05) is 38.1 Å². The van der Waals surface area contributed by atoms with E-state index in [4.69, 9.17) is 9.47 Å². The molecule has 1 heterocycles. The highest BCUT2D eigenvalue weighted by molar-refractivity contribution is 5.81. The van der Waals surface area contributed by atoms with Crippen molar-refractivity contribution in [3.05, 3.63) is 29.8 Å². The maximum Gasteiger partial charge on any atom is 0.261 e. The van der Waals surface area contributed by atoms with Crippen molar-refractivity contribution >= 4 is 5.91 Å². The van der Waals surface area contributed by atoms with Crippen LogP contribution >= 0.6 is 0 Å². The number of aryl methyl sites for hydroxylation is 1. The summed E-state index contributed by atoms with van der Waals surface area (Å²) in [5.74, 6) is 0.706. The van der Waals surface area contributed by atoms with E-state index in [-0.39, 0.29) is 12.0 Å². The highest BCUT2D eigenvalue weighted by Gasteiger charge is 2.21. The zero-order valence-electron chi connectivity index (χ0n) is 12.2. The first-order valence-electron chi connectivity index (χ1n) is 7.32. The van der Waals surface area contributed by atoms with Crippen LogP contribution in [0.25, 0.3) is 0 Å². The Bertz CT molecular complexity index is 441. The van der Waals surface area contributed by atoms with Gasteiger partial charge in [-0.05, 0) is 37.8 Å². The average Bonchev–Trinajstić information content (AvgIpc) is 2.97. The normalized spacial score (nSPS) is 19.6. The second kappa shape index (κ2) is 7.29.